The number of aromatic hydroxyl groups is 1. The maximum Gasteiger partial charge on any atom is 0.156 e. The van der Waals surface area contributed by atoms with Crippen LogP contribution in [0.25, 0.3) is 10.8 Å². The van der Waals surface area contributed by atoms with Crippen molar-refractivity contribution in [2.45, 2.75) is 46.1 Å². The number of hydrogen-bond donors (Lipinski definition) is 2. The van der Waals surface area contributed by atoms with E-state index in [2.05, 4.69) is 5.32 Å². The van der Waals surface area contributed by atoms with Crippen LogP contribution in [0.5, 0.6) is 11.5 Å². The number of nitrogens with one attached hydrogen (secondary N) is 1. The van der Waals surface area contributed by atoms with Crippen LogP contribution in [0.1, 0.15) is 35.6 Å². The molecule has 0 saturated heterocycles. The summed E-state index contributed by atoms with van der Waals surface area (Å²) < 4.78 is 6.50. The van der Waals surface area contributed by atoms with Crippen LogP contribution < -0.4 is 10.1 Å². The van der Waals surface area contributed by atoms with E-state index in [0.29, 0.717) is 15.8 Å². The number of halogens is 1. The smallest absolute Gasteiger partial charge is 0.156 e. The van der Waals surface area contributed by atoms with E-state index in [1.165, 1.54) is 0 Å². The highest BCUT2D eigenvalue weighted by Gasteiger charge is 2.38. The van der Waals surface area contributed by atoms with Crippen molar-refractivity contribution >= 4 is 45.3 Å². The highest BCUT2D eigenvalue weighted by molar-refractivity contribution is 7.80. The first kappa shape index (κ1) is 20.0. The Bertz CT molecular complexity index is 1160. The minimum atomic E-state index is -0.635. The standard InChI is InChI=1S/C24H24ClNO2S/c1-13-14(2)22-16(15(3)21(13)27)11-12-24(4,28-22)23(29)26-20-10-9-19(25)17-7-5-6-8-18(17)20/h5-10,27H,11-12H2,1-4H3,(H,26,29). The molecule has 1 aliphatic rings. The number of thiocarbonyl (C=S) groups is 1. The van der Waals surface area contributed by atoms with Gasteiger partial charge in [-0.15, -0.1) is 0 Å². The Morgan fingerprint density at radius 3 is 2.48 bits per heavy atom. The summed E-state index contributed by atoms with van der Waals surface area (Å²) in [4.78, 5) is 0.637. The van der Waals surface area contributed by atoms with Crippen LogP contribution in [0.3, 0.4) is 0 Å². The summed E-state index contributed by atoms with van der Waals surface area (Å²) in [5, 5.41) is 16.5. The van der Waals surface area contributed by atoms with E-state index < -0.39 is 5.60 Å². The molecule has 0 fully saturated rings. The molecule has 0 amide bonds. The van der Waals surface area contributed by atoms with E-state index in [-0.39, 0.29) is 0 Å². The van der Waals surface area contributed by atoms with Gasteiger partial charge >= 0.3 is 0 Å². The largest absolute Gasteiger partial charge is 0.507 e. The highest BCUT2D eigenvalue weighted by atomic mass is 35.5. The Labute approximate surface area is 181 Å². The van der Waals surface area contributed by atoms with E-state index in [0.717, 1.165) is 57.3 Å². The Morgan fingerprint density at radius 2 is 1.76 bits per heavy atom. The summed E-state index contributed by atoms with van der Waals surface area (Å²) >= 11 is 12.2. The van der Waals surface area contributed by atoms with Gasteiger partial charge in [0.05, 0.1) is 0 Å². The maximum atomic E-state index is 10.4. The molecule has 29 heavy (non-hydrogen) atoms. The first-order valence-electron chi connectivity index (χ1n) is 9.72. The minimum absolute atomic E-state index is 0.363. The zero-order valence-electron chi connectivity index (χ0n) is 17.0. The zero-order valence-corrected chi connectivity index (χ0v) is 18.6. The monoisotopic (exact) mass is 425 g/mol. The fourth-order valence-electron chi connectivity index (χ4n) is 4.03. The average molecular weight is 426 g/mol. The summed E-state index contributed by atoms with van der Waals surface area (Å²) in [5.41, 5.74) is 4.07. The van der Waals surface area contributed by atoms with Crippen molar-refractivity contribution < 1.29 is 9.84 Å². The molecular formula is C24H24ClNO2S. The SMILES string of the molecule is Cc1c(C)c2c(c(C)c1O)CCC(C)(C(=S)Nc1ccc(Cl)c3ccccc13)O2. The summed E-state index contributed by atoms with van der Waals surface area (Å²) in [5.74, 6) is 1.21. The topological polar surface area (TPSA) is 41.5 Å². The molecule has 0 aliphatic carbocycles. The molecule has 150 valence electrons. The molecule has 2 N–H and O–H groups in total. The molecule has 1 aliphatic heterocycles. The van der Waals surface area contributed by atoms with Gasteiger partial charge in [0, 0.05) is 27.0 Å². The van der Waals surface area contributed by atoms with Gasteiger partial charge in [0.15, 0.2) is 5.60 Å². The second kappa shape index (κ2) is 7.19. The van der Waals surface area contributed by atoms with Crippen LogP contribution in [0.4, 0.5) is 5.69 Å². The molecule has 4 rings (SSSR count). The lowest BCUT2D eigenvalue weighted by atomic mass is 9.87. The number of fused-ring (bicyclic) bond motifs is 2. The van der Waals surface area contributed by atoms with Crippen molar-refractivity contribution in [3.8, 4) is 11.5 Å². The summed E-state index contributed by atoms with van der Waals surface area (Å²) in [6.07, 6.45) is 1.54. The quantitative estimate of drug-likeness (QED) is 0.451. The average Bonchev–Trinajstić information content (AvgIpc) is 2.72. The molecule has 0 bridgehead atoms. The first-order chi connectivity index (χ1) is 13.7. The van der Waals surface area contributed by atoms with Crippen LogP contribution in [0, 0.1) is 20.8 Å². The van der Waals surface area contributed by atoms with E-state index in [4.69, 9.17) is 28.6 Å². The molecule has 3 aromatic rings. The van der Waals surface area contributed by atoms with Gasteiger partial charge < -0.3 is 15.2 Å². The van der Waals surface area contributed by atoms with Crippen molar-refractivity contribution in [2.75, 3.05) is 5.32 Å². The third-order valence-corrected chi connectivity index (χ3v) is 6.98. The summed E-state index contributed by atoms with van der Waals surface area (Å²) in [7, 11) is 0. The Morgan fingerprint density at radius 1 is 1.07 bits per heavy atom. The number of phenols is 1. The molecule has 5 heteroatoms. The van der Waals surface area contributed by atoms with Gasteiger partial charge in [0.1, 0.15) is 16.5 Å². The Hall–Kier alpha value is -2.30. The second-order valence-corrected chi connectivity index (χ2v) is 8.77. The molecule has 0 spiro atoms. The number of anilines is 1. The van der Waals surface area contributed by atoms with Crippen molar-refractivity contribution in [3.05, 3.63) is 63.7 Å². The Balaban J connectivity index is 1.69. The van der Waals surface area contributed by atoms with E-state index in [1.807, 2.05) is 64.1 Å². The summed E-state index contributed by atoms with van der Waals surface area (Å²) in [6, 6.07) is 11.8. The van der Waals surface area contributed by atoms with Crippen LogP contribution >= 0.6 is 23.8 Å². The summed E-state index contributed by atoms with van der Waals surface area (Å²) in [6.45, 7) is 7.88. The first-order valence-corrected chi connectivity index (χ1v) is 10.5. The lowest BCUT2D eigenvalue weighted by molar-refractivity contribution is 0.134. The lowest BCUT2D eigenvalue weighted by Crippen LogP contribution is -2.47. The van der Waals surface area contributed by atoms with Crippen molar-refractivity contribution in [1.82, 2.24) is 0 Å². The molecule has 1 heterocycles. The van der Waals surface area contributed by atoms with E-state index >= 15 is 0 Å². The molecule has 1 atom stereocenters. The lowest BCUT2D eigenvalue weighted by Gasteiger charge is -2.38. The molecule has 0 radical (unpaired) electrons. The van der Waals surface area contributed by atoms with Gasteiger partial charge in [-0.25, -0.2) is 0 Å². The number of phenolic OH excluding ortho intramolecular Hbond substituents is 1. The fourth-order valence-corrected chi connectivity index (χ4v) is 4.51. The number of benzene rings is 3. The molecule has 3 nitrogen and oxygen atoms in total. The van der Waals surface area contributed by atoms with Gasteiger partial charge in [-0.3, -0.25) is 0 Å². The predicted molar refractivity (Wildman–Crippen MR) is 125 cm³/mol. The molecule has 1 unspecified atom stereocenters. The van der Waals surface area contributed by atoms with Crippen molar-refractivity contribution in [2.24, 2.45) is 0 Å². The molecule has 0 aromatic heterocycles. The third-order valence-electron chi connectivity index (χ3n) is 6.12. The van der Waals surface area contributed by atoms with Crippen molar-refractivity contribution in [1.29, 1.82) is 0 Å². The number of rotatable bonds is 2. The number of hydrogen-bond acceptors (Lipinski definition) is 3. The van der Waals surface area contributed by atoms with Crippen molar-refractivity contribution in [3.63, 3.8) is 0 Å². The zero-order chi connectivity index (χ0) is 20.9. The highest BCUT2D eigenvalue weighted by Crippen LogP contribution is 2.44. The molecular weight excluding hydrogens is 402 g/mol. The fraction of sp³-hybridized carbons (Fsp3) is 0.292. The van der Waals surface area contributed by atoms with Crippen LogP contribution in [0.2, 0.25) is 5.02 Å². The second-order valence-electron chi connectivity index (χ2n) is 7.96. The molecule has 0 saturated carbocycles. The van der Waals surface area contributed by atoms with Gasteiger partial charge in [-0.05, 0) is 69.4 Å². The van der Waals surface area contributed by atoms with E-state index in [9.17, 15) is 5.11 Å². The van der Waals surface area contributed by atoms with Gasteiger partial charge in [-0.1, -0.05) is 48.1 Å². The van der Waals surface area contributed by atoms with Crippen LogP contribution in [-0.4, -0.2) is 15.7 Å². The number of ether oxygens (including phenoxy) is 1. The van der Waals surface area contributed by atoms with Gasteiger partial charge in [0.2, 0.25) is 0 Å². The van der Waals surface area contributed by atoms with Gasteiger partial charge in [0.25, 0.3) is 0 Å². The Kier molecular flexibility index (Phi) is 4.96. The molecule has 3 aromatic carbocycles. The minimum Gasteiger partial charge on any atom is -0.507 e. The van der Waals surface area contributed by atoms with Gasteiger partial charge in [-0.2, -0.15) is 0 Å². The van der Waals surface area contributed by atoms with E-state index in [1.54, 1.807) is 0 Å². The normalized spacial score (nSPS) is 18.2. The third kappa shape index (κ3) is 3.24. The van der Waals surface area contributed by atoms with Crippen LogP contribution in [0.15, 0.2) is 36.4 Å². The maximum absolute atomic E-state index is 10.4. The predicted octanol–water partition coefficient (Wildman–Crippen LogP) is 6.65. The van der Waals surface area contributed by atoms with Crippen LogP contribution in [-0.2, 0) is 6.42 Å².